The zero-order valence-electron chi connectivity index (χ0n) is 6.17. The number of aromatic amines is 2. The number of H-pyrrole nitrogens is 2. The van der Waals surface area contributed by atoms with E-state index in [-0.39, 0.29) is 10.5 Å². The summed E-state index contributed by atoms with van der Waals surface area (Å²) in [4.78, 5) is 15.7. The van der Waals surface area contributed by atoms with Crippen LogP contribution in [0.1, 0.15) is 16.1 Å². The topological polar surface area (TPSA) is 68.9 Å². The quantitative estimate of drug-likeness (QED) is 0.607. The van der Waals surface area contributed by atoms with Crippen LogP contribution >= 0.6 is 24.4 Å². The molecule has 0 spiro atoms. The lowest BCUT2D eigenvalue weighted by Gasteiger charge is -1.99. The van der Waals surface area contributed by atoms with Gasteiger partial charge in [0.05, 0.1) is 0 Å². The second-order valence-electron chi connectivity index (χ2n) is 2.21. The first kappa shape index (κ1) is 9.08. The van der Waals surface area contributed by atoms with Gasteiger partial charge >= 0.3 is 5.97 Å². The average molecular weight is 202 g/mol. The van der Waals surface area contributed by atoms with Crippen LogP contribution in [0.4, 0.5) is 0 Å². The Labute approximate surface area is 78.3 Å². The fourth-order valence-corrected chi connectivity index (χ4v) is 1.24. The van der Waals surface area contributed by atoms with Crippen LogP contribution in [0, 0.1) is 16.3 Å². The molecule has 0 amide bonds. The zero-order valence-corrected chi connectivity index (χ0v) is 7.80. The molecule has 0 bridgehead atoms. The highest BCUT2D eigenvalue weighted by atomic mass is 32.1. The molecule has 1 heterocycles. The van der Waals surface area contributed by atoms with Gasteiger partial charge in [0.1, 0.15) is 10.3 Å². The number of aromatic carboxylic acids is 1. The number of rotatable bonds is 1. The van der Waals surface area contributed by atoms with Gasteiger partial charge in [-0.3, -0.25) is 0 Å². The molecule has 0 atom stereocenters. The molecule has 0 aliphatic carbocycles. The Kier molecular flexibility index (Phi) is 2.39. The zero-order chi connectivity index (χ0) is 9.30. The van der Waals surface area contributed by atoms with Crippen molar-refractivity contribution in [1.82, 2.24) is 9.97 Å². The molecule has 0 aliphatic rings. The third-order valence-corrected chi connectivity index (χ3v) is 2.01. The number of aromatic nitrogens is 2. The predicted octanol–water partition coefficient (Wildman–Crippen LogP) is 1.81. The van der Waals surface area contributed by atoms with Crippen molar-refractivity contribution in [3.8, 4) is 0 Å². The molecular formula is C6H6N2O2S2. The van der Waals surface area contributed by atoms with Gasteiger partial charge in [-0.15, -0.1) is 0 Å². The summed E-state index contributed by atoms with van der Waals surface area (Å²) in [5.41, 5.74) is 0.537. The second-order valence-corrected chi connectivity index (χ2v) is 3.03. The molecular weight excluding hydrogens is 196 g/mol. The summed E-state index contributed by atoms with van der Waals surface area (Å²) in [6, 6.07) is 0. The number of carboxylic acids is 1. The van der Waals surface area contributed by atoms with Crippen molar-refractivity contribution in [2.75, 3.05) is 0 Å². The lowest BCUT2D eigenvalue weighted by Crippen LogP contribution is -2.05. The lowest BCUT2D eigenvalue weighted by atomic mass is 10.2. The molecule has 0 unspecified atom stereocenters. The predicted molar refractivity (Wildman–Crippen MR) is 48.5 cm³/mol. The van der Waals surface area contributed by atoms with Crippen molar-refractivity contribution in [3.05, 3.63) is 20.7 Å². The van der Waals surface area contributed by atoms with Crippen molar-refractivity contribution >= 4 is 30.4 Å². The van der Waals surface area contributed by atoms with Gasteiger partial charge in [-0.25, -0.2) is 4.79 Å². The van der Waals surface area contributed by atoms with Crippen LogP contribution in [0.25, 0.3) is 0 Å². The van der Waals surface area contributed by atoms with Crippen LogP contribution in [0.5, 0.6) is 0 Å². The van der Waals surface area contributed by atoms with Gasteiger partial charge in [0.15, 0.2) is 4.77 Å². The molecule has 0 aromatic carbocycles. The third kappa shape index (κ3) is 1.59. The van der Waals surface area contributed by atoms with E-state index in [9.17, 15) is 4.79 Å². The van der Waals surface area contributed by atoms with Gasteiger partial charge in [0, 0.05) is 5.56 Å². The molecule has 12 heavy (non-hydrogen) atoms. The van der Waals surface area contributed by atoms with Gasteiger partial charge in [0.2, 0.25) is 0 Å². The van der Waals surface area contributed by atoms with Crippen LogP contribution in [-0.4, -0.2) is 21.0 Å². The Balaban J connectivity index is 3.59. The van der Waals surface area contributed by atoms with E-state index >= 15 is 0 Å². The SMILES string of the molecule is Cc1c(C(=O)O)[nH]c(=S)[nH]c1=S. The molecule has 4 nitrogen and oxygen atoms in total. The van der Waals surface area contributed by atoms with Crippen LogP contribution in [0.15, 0.2) is 0 Å². The molecule has 0 aliphatic heterocycles. The number of hydrogen-bond donors (Lipinski definition) is 3. The number of hydrogen-bond acceptors (Lipinski definition) is 3. The van der Waals surface area contributed by atoms with Crippen molar-refractivity contribution in [1.29, 1.82) is 0 Å². The molecule has 64 valence electrons. The Bertz CT molecular complexity index is 432. The van der Waals surface area contributed by atoms with Crippen molar-refractivity contribution in [2.45, 2.75) is 6.92 Å². The molecule has 3 N–H and O–H groups in total. The molecule has 6 heteroatoms. The summed E-state index contributed by atoms with van der Waals surface area (Å²) < 4.78 is 0.583. The third-order valence-electron chi connectivity index (χ3n) is 1.40. The standard InChI is InChI=1S/C6H6N2O2S2/c1-2-3(5(9)10)7-6(12)8-4(2)11/h1H3,(H,9,10)(H2,7,8,11,12). The van der Waals surface area contributed by atoms with E-state index in [0.717, 1.165) is 0 Å². The fraction of sp³-hybridized carbons (Fsp3) is 0.167. The highest BCUT2D eigenvalue weighted by molar-refractivity contribution is 7.72. The number of carboxylic acid groups (broad SMARTS) is 1. The summed E-state index contributed by atoms with van der Waals surface area (Å²) in [7, 11) is 0. The van der Waals surface area contributed by atoms with Gasteiger partial charge in [-0.05, 0) is 19.1 Å². The maximum absolute atomic E-state index is 10.6. The Morgan fingerprint density at radius 2 is 2.00 bits per heavy atom. The number of nitrogens with one attached hydrogen (secondary N) is 2. The highest BCUT2D eigenvalue weighted by Gasteiger charge is 2.07. The summed E-state index contributed by atoms with van der Waals surface area (Å²) in [6.07, 6.45) is 0. The van der Waals surface area contributed by atoms with Crippen LogP contribution in [0.2, 0.25) is 0 Å². The van der Waals surface area contributed by atoms with E-state index in [2.05, 4.69) is 9.97 Å². The molecule has 0 saturated heterocycles. The van der Waals surface area contributed by atoms with Crippen molar-refractivity contribution in [2.24, 2.45) is 0 Å². The van der Waals surface area contributed by atoms with E-state index in [1.807, 2.05) is 0 Å². The second kappa shape index (κ2) is 3.16. The van der Waals surface area contributed by atoms with Gasteiger partial charge in [-0.2, -0.15) is 0 Å². The Morgan fingerprint density at radius 3 is 2.50 bits per heavy atom. The van der Waals surface area contributed by atoms with Crippen LogP contribution in [0.3, 0.4) is 0 Å². The lowest BCUT2D eigenvalue weighted by molar-refractivity contribution is 0.0689. The summed E-state index contributed by atoms with van der Waals surface area (Å²) in [5.74, 6) is -1.06. The van der Waals surface area contributed by atoms with E-state index in [0.29, 0.717) is 10.2 Å². The fourth-order valence-electron chi connectivity index (χ4n) is 0.763. The first-order chi connectivity index (χ1) is 5.52. The maximum atomic E-state index is 10.6. The molecule has 1 aromatic rings. The number of carbonyl (C=O) groups is 1. The van der Waals surface area contributed by atoms with Gasteiger partial charge in [-0.1, -0.05) is 12.2 Å². The molecule has 1 rings (SSSR count). The maximum Gasteiger partial charge on any atom is 0.352 e. The molecule has 1 aromatic heterocycles. The summed E-state index contributed by atoms with van der Waals surface area (Å²) >= 11 is 9.57. The smallest absolute Gasteiger partial charge is 0.352 e. The van der Waals surface area contributed by atoms with Gasteiger partial charge in [0.25, 0.3) is 0 Å². The minimum absolute atomic E-state index is 0.0451. The van der Waals surface area contributed by atoms with E-state index in [1.54, 1.807) is 6.92 Å². The van der Waals surface area contributed by atoms with Crippen LogP contribution < -0.4 is 0 Å². The monoisotopic (exact) mass is 202 g/mol. The van der Waals surface area contributed by atoms with Crippen LogP contribution in [-0.2, 0) is 0 Å². The minimum Gasteiger partial charge on any atom is -0.477 e. The van der Waals surface area contributed by atoms with Gasteiger partial charge < -0.3 is 15.1 Å². The van der Waals surface area contributed by atoms with E-state index in [4.69, 9.17) is 29.5 Å². The molecule has 0 radical (unpaired) electrons. The van der Waals surface area contributed by atoms with Crippen molar-refractivity contribution in [3.63, 3.8) is 0 Å². The minimum atomic E-state index is -1.06. The van der Waals surface area contributed by atoms with Crippen molar-refractivity contribution < 1.29 is 9.90 Å². The molecule has 0 fully saturated rings. The van der Waals surface area contributed by atoms with E-state index in [1.165, 1.54) is 0 Å². The Hall–Kier alpha value is -1.01. The normalized spacial score (nSPS) is 9.75. The average Bonchev–Trinajstić information content (AvgIpc) is 1.96. The first-order valence-electron chi connectivity index (χ1n) is 3.09. The largest absolute Gasteiger partial charge is 0.477 e. The molecule has 0 saturated carbocycles. The summed E-state index contributed by atoms with van der Waals surface area (Å²) in [5, 5.41) is 8.68. The Morgan fingerprint density at radius 1 is 1.42 bits per heavy atom. The first-order valence-corrected chi connectivity index (χ1v) is 3.90. The summed E-state index contributed by atoms with van der Waals surface area (Å²) in [6.45, 7) is 1.62. The van der Waals surface area contributed by atoms with E-state index < -0.39 is 5.97 Å². The highest BCUT2D eigenvalue weighted by Crippen LogP contribution is 2.04.